The van der Waals surface area contributed by atoms with Crippen molar-refractivity contribution in [2.75, 3.05) is 12.3 Å². The highest BCUT2D eigenvalue weighted by atomic mass is 15.3. The topological polar surface area (TPSA) is 47.1 Å². The first kappa shape index (κ1) is 15.3. The van der Waals surface area contributed by atoms with E-state index in [1.165, 1.54) is 11.1 Å². The van der Waals surface area contributed by atoms with Crippen molar-refractivity contribution in [2.24, 2.45) is 0 Å². The van der Waals surface area contributed by atoms with E-state index < -0.39 is 0 Å². The standard InChI is InChI=1S/C19H22N4/c20-19-11-12-23(21-19)14-13-22(15-17-7-3-1-4-8-17)16-18-9-5-2-6-10-18/h1-12H,13-16H2,(H2,20,21). The Morgan fingerprint density at radius 3 is 1.87 bits per heavy atom. The first-order chi connectivity index (χ1) is 11.3. The average molecular weight is 306 g/mol. The van der Waals surface area contributed by atoms with Gasteiger partial charge in [-0.05, 0) is 17.2 Å². The van der Waals surface area contributed by atoms with Crippen LogP contribution in [-0.2, 0) is 19.6 Å². The van der Waals surface area contributed by atoms with E-state index in [4.69, 9.17) is 5.73 Å². The van der Waals surface area contributed by atoms with E-state index in [0.29, 0.717) is 5.82 Å². The van der Waals surface area contributed by atoms with Gasteiger partial charge >= 0.3 is 0 Å². The van der Waals surface area contributed by atoms with Crippen LogP contribution in [0.3, 0.4) is 0 Å². The fourth-order valence-electron chi connectivity index (χ4n) is 2.64. The number of hydrogen-bond donors (Lipinski definition) is 1. The molecular weight excluding hydrogens is 284 g/mol. The molecule has 3 aromatic rings. The van der Waals surface area contributed by atoms with Gasteiger partial charge in [-0.2, -0.15) is 5.10 Å². The highest BCUT2D eigenvalue weighted by Gasteiger charge is 2.08. The van der Waals surface area contributed by atoms with Crippen LogP contribution in [0.25, 0.3) is 0 Å². The third-order valence-electron chi connectivity index (χ3n) is 3.80. The Labute approximate surface area is 137 Å². The van der Waals surface area contributed by atoms with Gasteiger partial charge in [0, 0.05) is 25.8 Å². The number of anilines is 1. The minimum Gasteiger partial charge on any atom is -0.382 e. The summed E-state index contributed by atoms with van der Waals surface area (Å²) in [6, 6.07) is 23.0. The number of hydrogen-bond acceptors (Lipinski definition) is 3. The number of aromatic nitrogens is 2. The summed E-state index contributed by atoms with van der Waals surface area (Å²) in [6.45, 7) is 3.60. The van der Waals surface area contributed by atoms with E-state index in [2.05, 4.69) is 70.7 Å². The molecule has 0 saturated heterocycles. The van der Waals surface area contributed by atoms with Crippen LogP contribution in [0, 0.1) is 0 Å². The lowest BCUT2D eigenvalue weighted by molar-refractivity contribution is 0.242. The highest BCUT2D eigenvalue weighted by molar-refractivity contribution is 5.23. The van der Waals surface area contributed by atoms with Crippen molar-refractivity contribution < 1.29 is 0 Å². The van der Waals surface area contributed by atoms with Crippen LogP contribution in [0.5, 0.6) is 0 Å². The third kappa shape index (κ3) is 4.69. The summed E-state index contributed by atoms with van der Waals surface area (Å²) in [5.74, 6) is 0.572. The lowest BCUT2D eigenvalue weighted by Gasteiger charge is -2.22. The molecule has 0 bridgehead atoms. The Kier molecular flexibility index (Phi) is 5.06. The molecule has 0 unspecified atom stereocenters. The molecule has 2 N–H and O–H groups in total. The van der Waals surface area contributed by atoms with Crippen molar-refractivity contribution in [3.63, 3.8) is 0 Å². The van der Waals surface area contributed by atoms with Gasteiger partial charge in [0.2, 0.25) is 0 Å². The number of nitrogen functional groups attached to an aromatic ring is 1. The molecule has 1 aromatic heterocycles. The predicted molar refractivity (Wildman–Crippen MR) is 93.6 cm³/mol. The molecule has 0 spiro atoms. The van der Waals surface area contributed by atoms with Crippen LogP contribution >= 0.6 is 0 Å². The quantitative estimate of drug-likeness (QED) is 0.729. The fourth-order valence-corrected chi connectivity index (χ4v) is 2.64. The molecule has 4 heteroatoms. The Bertz CT molecular complexity index is 665. The van der Waals surface area contributed by atoms with Gasteiger partial charge in [0.25, 0.3) is 0 Å². The summed E-state index contributed by atoms with van der Waals surface area (Å²) in [5.41, 5.74) is 8.33. The van der Waals surface area contributed by atoms with Crippen molar-refractivity contribution in [1.82, 2.24) is 14.7 Å². The van der Waals surface area contributed by atoms with E-state index in [1.54, 1.807) is 0 Å². The normalized spacial score (nSPS) is 11.0. The third-order valence-corrected chi connectivity index (χ3v) is 3.80. The summed E-state index contributed by atoms with van der Waals surface area (Å²) in [5, 5.41) is 4.26. The van der Waals surface area contributed by atoms with E-state index in [0.717, 1.165) is 26.2 Å². The summed E-state index contributed by atoms with van der Waals surface area (Å²) >= 11 is 0. The highest BCUT2D eigenvalue weighted by Crippen LogP contribution is 2.10. The fraction of sp³-hybridized carbons (Fsp3) is 0.211. The molecule has 0 saturated carbocycles. The van der Waals surface area contributed by atoms with Crippen molar-refractivity contribution in [3.8, 4) is 0 Å². The van der Waals surface area contributed by atoms with Crippen LogP contribution < -0.4 is 5.73 Å². The summed E-state index contributed by atoms with van der Waals surface area (Å²) in [7, 11) is 0. The molecule has 0 atom stereocenters. The second-order valence-electron chi connectivity index (χ2n) is 5.69. The van der Waals surface area contributed by atoms with Gasteiger partial charge in [0.15, 0.2) is 0 Å². The maximum Gasteiger partial charge on any atom is 0.145 e. The number of benzene rings is 2. The number of nitrogens with two attached hydrogens (primary N) is 1. The van der Waals surface area contributed by atoms with Crippen LogP contribution in [0.1, 0.15) is 11.1 Å². The van der Waals surface area contributed by atoms with Crippen LogP contribution in [0.2, 0.25) is 0 Å². The Hall–Kier alpha value is -2.59. The SMILES string of the molecule is Nc1ccn(CCN(Cc2ccccc2)Cc2ccccc2)n1. The molecule has 0 amide bonds. The molecule has 1 heterocycles. The van der Waals surface area contributed by atoms with Gasteiger partial charge in [0.05, 0.1) is 6.54 Å². The molecule has 4 nitrogen and oxygen atoms in total. The summed E-state index contributed by atoms with van der Waals surface area (Å²) in [4.78, 5) is 2.43. The molecule has 0 aliphatic carbocycles. The molecular formula is C19H22N4. The molecule has 3 rings (SSSR count). The molecule has 0 aliphatic heterocycles. The molecule has 0 radical (unpaired) electrons. The predicted octanol–water partition coefficient (Wildman–Crippen LogP) is 3.17. The average Bonchev–Trinajstić information content (AvgIpc) is 3.00. The lowest BCUT2D eigenvalue weighted by atomic mass is 10.1. The first-order valence-electron chi connectivity index (χ1n) is 7.89. The first-order valence-corrected chi connectivity index (χ1v) is 7.89. The lowest BCUT2D eigenvalue weighted by Crippen LogP contribution is -2.27. The van der Waals surface area contributed by atoms with E-state index in [9.17, 15) is 0 Å². The molecule has 0 aliphatic rings. The van der Waals surface area contributed by atoms with Crippen molar-refractivity contribution >= 4 is 5.82 Å². The van der Waals surface area contributed by atoms with Gasteiger partial charge in [-0.1, -0.05) is 60.7 Å². The second kappa shape index (κ2) is 7.61. The van der Waals surface area contributed by atoms with Crippen LogP contribution in [-0.4, -0.2) is 21.2 Å². The Morgan fingerprint density at radius 2 is 1.39 bits per heavy atom. The van der Waals surface area contributed by atoms with Crippen molar-refractivity contribution in [2.45, 2.75) is 19.6 Å². The van der Waals surface area contributed by atoms with Crippen LogP contribution in [0.4, 0.5) is 5.82 Å². The Balaban J connectivity index is 1.67. The van der Waals surface area contributed by atoms with Gasteiger partial charge in [0.1, 0.15) is 5.82 Å². The molecule has 23 heavy (non-hydrogen) atoms. The summed E-state index contributed by atoms with van der Waals surface area (Å²) < 4.78 is 1.90. The Morgan fingerprint density at radius 1 is 0.826 bits per heavy atom. The van der Waals surface area contributed by atoms with Gasteiger partial charge in [-0.25, -0.2) is 0 Å². The smallest absolute Gasteiger partial charge is 0.145 e. The van der Waals surface area contributed by atoms with Gasteiger partial charge < -0.3 is 5.73 Å². The zero-order valence-electron chi connectivity index (χ0n) is 13.2. The number of nitrogens with zero attached hydrogens (tertiary/aromatic N) is 3. The minimum absolute atomic E-state index is 0.572. The van der Waals surface area contributed by atoms with E-state index >= 15 is 0 Å². The number of rotatable bonds is 7. The summed E-state index contributed by atoms with van der Waals surface area (Å²) in [6.07, 6.45) is 1.93. The van der Waals surface area contributed by atoms with Crippen molar-refractivity contribution in [1.29, 1.82) is 0 Å². The zero-order valence-corrected chi connectivity index (χ0v) is 13.2. The van der Waals surface area contributed by atoms with Gasteiger partial charge in [-0.3, -0.25) is 9.58 Å². The monoisotopic (exact) mass is 306 g/mol. The zero-order chi connectivity index (χ0) is 15.9. The van der Waals surface area contributed by atoms with E-state index in [-0.39, 0.29) is 0 Å². The minimum atomic E-state index is 0.572. The van der Waals surface area contributed by atoms with Crippen LogP contribution in [0.15, 0.2) is 72.9 Å². The largest absolute Gasteiger partial charge is 0.382 e. The molecule has 0 fully saturated rings. The second-order valence-corrected chi connectivity index (χ2v) is 5.69. The van der Waals surface area contributed by atoms with E-state index in [1.807, 2.05) is 16.9 Å². The van der Waals surface area contributed by atoms with Crippen molar-refractivity contribution in [3.05, 3.63) is 84.1 Å². The maximum absolute atomic E-state index is 5.69. The maximum atomic E-state index is 5.69. The molecule has 2 aromatic carbocycles. The van der Waals surface area contributed by atoms with Gasteiger partial charge in [-0.15, -0.1) is 0 Å². The molecule has 118 valence electrons.